The molecule has 1 aromatic rings. The minimum Gasteiger partial charge on any atom is -0.443 e. The molecule has 0 fully saturated rings. The number of ether oxygens (including phenoxy) is 2. The highest BCUT2D eigenvalue weighted by atomic mass is 127. The minimum absolute atomic E-state index is 0.219. The van der Waals surface area contributed by atoms with Gasteiger partial charge in [-0.25, -0.2) is 14.5 Å². The van der Waals surface area contributed by atoms with E-state index in [0.717, 1.165) is 13.3 Å². The summed E-state index contributed by atoms with van der Waals surface area (Å²) in [5, 5.41) is 1.99. The van der Waals surface area contributed by atoms with E-state index in [1.807, 2.05) is 11.4 Å². The van der Waals surface area contributed by atoms with Gasteiger partial charge < -0.3 is 9.47 Å². The third-order valence-corrected chi connectivity index (χ3v) is 4.72. The van der Waals surface area contributed by atoms with Crippen molar-refractivity contribution in [2.75, 3.05) is 6.54 Å². The predicted molar refractivity (Wildman–Crippen MR) is 99.9 cm³/mol. The molecule has 0 aromatic carbocycles. The van der Waals surface area contributed by atoms with Crippen molar-refractivity contribution in [2.24, 2.45) is 0 Å². The summed E-state index contributed by atoms with van der Waals surface area (Å²) in [6, 6.07) is 1.99. The van der Waals surface area contributed by atoms with Crippen molar-refractivity contribution in [3.8, 4) is 0 Å². The van der Waals surface area contributed by atoms with Crippen molar-refractivity contribution in [1.29, 1.82) is 0 Å². The lowest BCUT2D eigenvalue weighted by Crippen LogP contribution is -2.44. The Morgan fingerprint density at radius 3 is 1.91 bits per heavy atom. The molecule has 130 valence electrons. The number of carbonyl (C=O) groups excluding carboxylic acids is 2. The fourth-order valence-electron chi connectivity index (χ4n) is 1.62. The molecule has 1 rings (SSSR count). The maximum absolute atomic E-state index is 12.3. The predicted octanol–water partition coefficient (Wildman–Crippen LogP) is 5.07. The minimum atomic E-state index is -0.683. The van der Waals surface area contributed by atoms with Gasteiger partial charge >= 0.3 is 12.2 Å². The van der Waals surface area contributed by atoms with Gasteiger partial charge in [-0.3, -0.25) is 0 Å². The Kier molecular flexibility index (Phi) is 6.88. The molecule has 0 radical (unpaired) electrons. The molecule has 0 aliphatic rings. The van der Waals surface area contributed by atoms with Gasteiger partial charge in [-0.1, -0.05) is 0 Å². The number of carbonyl (C=O) groups is 2. The van der Waals surface area contributed by atoms with E-state index in [4.69, 9.17) is 9.47 Å². The summed E-state index contributed by atoms with van der Waals surface area (Å²) < 4.78 is 11.8. The summed E-state index contributed by atoms with van der Waals surface area (Å²) in [5.74, 6) is 0. The number of nitrogens with zero attached hydrogens (tertiary/aromatic N) is 1. The molecule has 5 nitrogen and oxygen atoms in total. The molecule has 0 N–H and O–H groups in total. The molecule has 0 saturated carbocycles. The Balaban J connectivity index is 2.85. The third-order valence-electron chi connectivity index (χ3n) is 2.53. The van der Waals surface area contributed by atoms with Gasteiger partial charge in [0.25, 0.3) is 0 Å². The SMILES string of the molecule is CC(C)(C)OC(=O)N(CCc1ccsc1I)C(=O)OC(C)(C)C. The van der Waals surface area contributed by atoms with Crippen LogP contribution in [0.3, 0.4) is 0 Å². The first-order valence-corrected chi connectivity index (χ1v) is 9.30. The van der Waals surface area contributed by atoms with E-state index >= 15 is 0 Å². The summed E-state index contributed by atoms with van der Waals surface area (Å²) in [6.07, 6.45) is -0.797. The van der Waals surface area contributed by atoms with Crippen LogP contribution in [0.1, 0.15) is 47.1 Å². The van der Waals surface area contributed by atoms with Crippen LogP contribution in [0.5, 0.6) is 0 Å². The van der Waals surface area contributed by atoms with Crippen LogP contribution in [-0.4, -0.2) is 34.8 Å². The van der Waals surface area contributed by atoms with E-state index in [2.05, 4.69) is 22.6 Å². The molecule has 0 atom stereocenters. The lowest BCUT2D eigenvalue weighted by Gasteiger charge is -2.28. The zero-order chi connectivity index (χ0) is 17.8. The molecule has 23 heavy (non-hydrogen) atoms. The second-order valence-corrected chi connectivity index (χ2v) is 9.81. The van der Waals surface area contributed by atoms with Crippen LogP contribution in [0.25, 0.3) is 0 Å². The van der Waals surface area contributed by atoms with Crippen LogP contribution in [0.2, 0.25) is 0 Å². The summed E-state index contributed by atoms with van der Waals surface area (Å²) in [6.45, 7) is 10.8. The highest BCUT2D eigenvalue weighted by Crippen LogP contribution is 2.21. The number of amides is 2. The molecule has 0 saturated heterocycles. The summed E-state index contributed by atoms with van der Waals surface area (Å²) >= 11 is 3.88. The second kappa shape index (κ2) is 7.83. The highest BCUT2D eigenvalue weighted by molar-refractivity contribution is 14.1. The molecule has 1 heterocycles. The van der Waals surface area contributed by atoms with Crippen molar-refractivity contribution in [3.05, 3.63) is 19.9 Å². The van der Waals surface area contributed by atoms with Gasteiger partial charge in [-0.15, -0.1) is 11.3 Å². The topological polar surface area (TPSA) is 55.8 Å². The van der Waals surface area contributed by atoms with Gasteiger partial charge in [0, 0.05) is 6.54 Å². The van der Waals surface area contributed by atoms with Crippen molar-refractivity contribution in [1.82, 2.24) is 4.90 Å². The molecule has 7 heteroatoms. The number of hydrogen-bond donors (Lipinski definition) is 0. The van der Waals surface area contributed by atoms with Crippen LogP contribution >= 0.6 is 33.9 Å². The van der Waals surface area contributed by atoms with Gasteiger partial charge in [0.15, 0.2) is 0 Å². The molecule has 0 bridgehead atoms. The Hall–Kier alpha value is -0.830. The second-order valence-electron chi connectivity index (χ2n) is 7.08. The monoisotopic (exact) mass is 453 g/mol. The van der Waals surface area contributed by atoms with E-state index in [0.29, 0.717) is 6.42 Å². The van der Waals surface area contributed by atoms with Gasteiger partial charge in [-0.05, 0) is 87.6 Å². The average molecular weight is 453 g/mol. The van der Waals surface area contributed by atoms with Gasteiger partial charge in [0.1, 0.15) is 11.2 Å². The maximum Gasteiger partial charge on any atom is 0.419 e. The van der Waals surface area contributed by atoms with E-state index < -0.39 is 23.4 Å². The van der Waals surface area contributed by atoms with Crippen LogP contribution in [0, 0.1) is 2.88 Å². The lowest BCUT2D eigenvalue weighted by molar-refractivity contribution is 0.00171. The Labute approximate surface area is 155 Å². The largest absolute Gasteiger partial charge is 0.443 e. The normalized spacial score (nSPS) is 12.0. The molecule has 1 aromatic heterocycles. The van der Waals surface area contributed by atoms with Crippen molar-refractivity contribution >= 4 is 46.1 Å². The highest BCUT2D eigenvalue weighted by Gasteiger charge is 2.31. The van der Waals surface area contributed by atoms with E-state index in [-0.39, 0.29) is 6.54 Å². The standard InChI is InChI=1S/C16H24INO4S/c1-15(2,3)21-13(19)18(14(20)22-16(4,5)6)9-7-11-8-10-23-12(11)17/h8,10H,7,9H2,1-6H3. The number of rotatable bonds is 3. The van der Waals surface area contributed by atoms with E-state index in [1.54, 1.807) is 52.9 Å². The zero-order valence-corrected chi connectivity index (χ0v) is 17.4. The number of halogens is 1. The summed E-state index contributed by atoms with van der Waals surface area (Å²) in [7, 11) is 0. The molecule has 0 spiro atoms. The van der Waals surface area contributed by atoms with Gasteiger partial charge in [-0.2, -0.15) is 0 Å². The van der Waals surface area contributed by atoms with Gasteiger partial charge in [0.2, 0.25) is 0 Å². The van der Waals surface area contributed by atoms with Crippen molar-refractivity contribution < 1.29 is 19.1 Å². The Morgan fingerprint density at radius 2 is 1.57 bits per heavy atom. The first kappa shape index (κ1) is 20.2. The van der Waals surface area contributed by atoms with E-state index in [1.165, 1.54) is 0 Å². The van der Waals surface area contributed by atoms with Crippen molar-refractivity contribution in [2.45, 2.75) is 59.2 Å². The lowest BCUT2D eigenvalue weighted by atomic mass is 10.2. The number of thiophene rings is 1. The fraction of sp³-hybridized carbons (Fsp3) is 0.625. The molecule has 0 unspecified atom stereocenters. The third kappa shape index (κ3) is 7.52. The first-order chi connectivity index (χ1) is 10.4. The molecular weight excluding hydrogens is 429 g/mol. The quantitative estimate of drug-likeness (QED) is 0.600. The summed E-state index contributed by atoms with van der Waals surface area (Å²) in [4.78, 5) is 25.7. The number of hydrogen-bond acceptors (Lipinski definition) is 5. The molecule has 2 amide bonds. The van der Waals surface area contributed by atoms with Gasteiger partial charge in [0.05, 0.1) is 2.88 Å². The summed E-state index contributed by atoms with van der Waals surface area (Å²) in [5.41, 5.74) is -0.241. The molecule has 0 aliphatic carbocycles. The fourth-order valence-corrected chi connectivity index (χ4v) is 3.19. The Bertz CT molecular complexity index is 529. The molecule has 0 aliphatic heterocycles. The van der Waals surface area contributed by atoms with Crippen LogP contribution < -0.4 is 0 Å². The van der Waals surface area contributed by atoms with Crippen LogP contribution in [0.15, 0.2) is 11.4 Å². The Morgan fingerprint density at radius 1 is 1.09 bits per heavy atom. The van der Waals surface area contributed by atoms with Crippen LogP contribution in [0.4, 0.5) is 9.59 Å². The smallest absolute Gasteiger partial charge is 0.419 e. The van der Waals surface area contributed by atoms with Crippen LogP contribution in [-0.2, 0) is 15.9 Å². The number of imide groups is 1. The zero-order valence-electron chi connectivity index (χ0n) is 14.4. The van der Waals surface area contributed by atoms with E-state index in [9.17, 15) is 9.59 Å². The molecular formula is C16H24INO4S. The van der Waals surface area contributed by atoms with Crippen molar-refractivity contribution in [3.63, 3.8) is 0 Å². The first-order valence-electron chi connectivity index (χ1n) is 7.34. The maximum atomic E-state index is 12.3. The average Bonchev–Trinajstić information content (AvgIpc) is 2.70.